The molecule has 2 N–H and O–H groups in total. The van der Waals surface area contributed by atoms with E-state index in [-0.39, 0.29) is 5.91 Å². The molecule has 2 aromatic rings. The lowest BCUT2D eigenvalue weighted by molar-refractivity contribution is -0.130. The van der Waals surface area contributed by atoms with Gasteiger partial charge in [0.1, 0.15) is 0 Å². The summed E-state index contributed by atoms with van der Waals surface area (Å²) < 4.78 is 5.01. The van der Waals surface area contributed by atoms with Gasteiger partial charge in [-0.15, -0.1) is 0 Å². The SMILES string of the molecule is CC(=O)N1CCN(CC(O)c2ccc3[nH]c(=O)oc3c2)CC1. The summed E-state index contributed by atoms with van der Waals surface area (Å²) in [6.45, 7) is 4.94. The van der Waals surface area contributed by atoms with E-state index in [0.29, 0.717) is 36.3 Å². The molecule has 1 fully saturated rings. The van der Waals surface area contributed by atoms with Crippen LogP contribution in [-0.2, 0) is 4.79 Å². The molecule has 7 heteroatoms. The molecule has 1 amide bonds. The molecule has 2 heterocycles. The fraction of sp³-hybridized carbons (Fsp3) is 0.467. The summed E-state index contributed by atoms with van der Waals surface area (Å²) in [6.07, 6.45) is -0.659. The number of hydrogen-bond acceptors (Lipinski definition) is 5. The van der Waals surface area contributed by atoms with Crippen LogP contribution in [0.25, 0.3) is 11.1 Å². The Hall–Kier alpha value is -2.12. The van der Waals surface area contributed by atoms with Crippen molar-refractivity contribution in [3.8, 4) is 0 Å². The number of aromatic amines is 1. The Morgan fingerprint density at radius 1 is 1.36 bits per heavy atom. The molecule has 1 unspecified atom stereocenters. The normalized spacial score (nSPS) is 17.8. The second kappa shape index (κ2) is 5.94. The lowest BCUT2D eigenvalue weighted by Gasteiger charge is -2.35. The first kappa shape index (κ1) is 14.8. The standard InChI is InChI=1S/C15H19N3O4/c1-10(19)18-6-4-17(5-7-18)9-13(20)11-2-3-12-14(8-11)22-15(21)16-12/h2-3,8,13,20H,4-7,9H2,1H3,(H,16,21). The van der Waals surface area contributed by atoms with Gasteiger partial charge in [-0.2, -0.15) is 0 Å². The van der Waals surface area contributed by atoms with Crippen LogP contribution in [0.5, 0.6) is 0 Å². The molecule has 0 radical (unpaired) electrons. The minimum atomic E-state index is -0.659. The number of rotatable bonds is 3. The number of benzene rings is 1. The monoisotopic (exact) mass is 305 g/mol. The van der Waals surface area contributed by atoms with Crippen LogP contribution in [0.4, 0.5) is 0 Å². The number of nitrogens with one attached hydrogen (secondary N) is 1. The molecule has 1 aliphatic rings. The number of piperazine rings is 1. The maximum Gasteiger partial charge on any atom is 0.417 e. The largest absolute Gasteiger partial charge is 0.417 e. The van der Waals surface area contributed by atoms with Crippen molar-refractivity contribution in [3.63, 3.8) is 0 Å². The van der Waals surface area contributed by atoms with Crippen molar-refractivity contribution >= 4 is 17.0 Å². The molecule has 1 atom stereocenters. The van der Waals surface area contributed by atoms with E-state index in [0.717, 1.165) is 13.1 Å². The molecule has 1 aromatic heterocycles. The minimum absolute atomic E-state index is 0.0909. The number of amides is 1. The molecule has 0 spiro atoms. The van der Waals surface area contributed by atoms with Crippen molar-refractivity contribution in [2.24, 2.45) is 0 Å². The Balaban J connectivity index is 1.64. The van der Waals surface area contributed by atoms with Crippen LogP contribution < -0.4 is 5.76 Å². The highest BCUT2D eigenvalue weighted by atomic mass is 16.4. The zero-order chi connectivity index (χ0) is 15.7. The smallest absolute Gasteiger partial charge is 0.408 e. The molecule has 1 aliphatic heterocycles. The van der Waals surface area contributed by atoms with Gasteiger partial charge in [0.05, 0.1) is 11.6 Å². The summed E-state index contributed by atoms with van der Waals surface area (Å²) in [7, 11) is 0. The maximum absolute atomic E-state index is 11.3. The number of β-amino-alcohol motifs (C(OH)–C–C–N with tert-alkyl or cyclic N) is 1. The Bertz CT molecular complexity index is 728. The van der Waals surface area contributed by atoms with E-state index < -0.39 is 11.9 Å². The number of hydrogen-bond donors (Lipinski definition) is 2. The van der Waals surface area contributed by atoms with Gasteiger partial charge < -0.3 is 14.4 Å². The molecule has 7 nitrogen and oxygen atoms in total. The molecule has 0 saturated carbocycles. The summed E-state index contributed by atoms with van der Waals surface area (Å²) in [4.78, 5) is 28.9. The number of fused-ring (bicyclic) bond motifs is 1. The molecule has 1 aromatic carbocycles. The fourth-order valence-electron chi connectivity index (χ4n) is 2.76. The van der Waals surface area contributed by atoms with Crippen molar-refractivity contribution in [3.05, 3.63) is 34.3 Å². The Labute approximate surface area is 127 Å². The first-order valence-electron chi connectivity index (χ1n) is 7.31. The fourth-order valence-corrected chi connectivity index (χ4v) is 2.76. The summed E-state index contributed by atoms with van der Waals surface area (Å²) in [5, 5.41) is 10.4. The van der Waals surface area contributed by atoms with Crippen LogP contribution in [0, 0.1) is 0 Å². The Morgan fingerprint density at radius 2 is 2.09 bits per heavy atom. The molecule has 0 bridgehead atoms. The summed E-state index contributed by atoms with van der Waals surface area (Å²) >= 11 is 0. The van der Waals surface area contributed by atoms with Gasteiger partial charge in [0.15, 0.2) is 5.58 Å². The van der Waals surface area contributed by atoms with Gasteiger partial charge in [-0.3, -0.25) is 14.7 Å². The zero-order valence-corrected chi connectivity index (χ0v) is 12.4. The van der Waals surface area contributed by atoms with Gasteiger partial charge in [0.2, 0.25) is 5.91 Å². The van der Waals surface area contributed by atoms with Gasteiger partial charge in [0, 0.05) is 39.6 Å². The van der Waals surface area contributed by atoms with E-state index in [1.54, 1.807) is 25.1 Å². The molecule has 3 rings (SSSR count). The number of aliphatic hydroxyl groups is 1. The number of aromatic nitrogens is 1. The van der Waals surface area contributed by atoms with Crippen LogP contribution in [0.15, 0.2) is 27.4 Å². The molecule has 0 aliphatic carbocycles. The molecule has 1 saturated heterocycles. The molecule has 22 heavy (non-hydrogen) atoms. The van der Waals surface area contributed by atoms with E-state index in [2.05, 4.69) is 9.88 Å². The number of carbonyl (C=O) groups is 1. The van der Waals surface area contributed by atoms with Crippen LogP contribution >= 0.6 is 0 Å². The van der Waals surface area contributed by atoms with E-state index in [1.165, 1.54) is 0 Å². The number of oxazole rings is 1. The van der Waals surface area contributed by atoms with Crippen LogP contribution in [0.1, 0.15) is 18.6 Å². The van der Waals surface area contributed by atoms with Gasteiger partial charge >= 0.3 is 5.76 Å². The third kappa shape index (κ3) is 3.05. The maximum atomic E-state index is 11.3. The van der Waals surface area contributed by atoms with E-state index in [4.69, 9.17) is 4.42 Å². The van der Waals surface area contributed by atoms with E-state index in [9.17, 15) is 14.7 Å². The number of aliphatic hydroxyl groups excluding tert-OH is 1. The third-order valence-electron chi connectivity index (χ3n) is 4.08. The topological polar surface area (TPSA) is 89.8 Å². The summed E-state index contributed by atoms with van der Waals surface area (Å²) in [6, 6.07) is 5.19. The van der Waals surface area contributed by atoms with Crippen LogP contribution in [0.2, 0.25) is 0 Å². The predicted octanol–water partition coefficient (Wildman–Crippen LogP) is 0.319. The number of nitrogens with zero attached hydrogens (tertiary/aromatic N) is 2. The second-order valence-corrected chi connectivity index (χ2v) is 5.59. The molecule has 118 valence electrons. The first-order chi connectivity index (χ1) is 10.5. The highest BCUT2D eigenvalue weighted by molar-refractivity contribution is 5.73. The highest BCUT2D eigenvalue weighted by Crippen LogP contribution is 2.20. The van der Waals surface area contributed by atoms with Crippen LogP contribution in [-0.4, -0.2) is 58.5 Å². The highest BCUT2D eigenvalue weighted by Gasteiger charge is 2.21. The third-order valence-corrected chi connectivity index (χ3v) is 4.08. The second-order valence-electron chi connectivity index (χ2n) is 5.59. The quantitative estimate of drug-likeness (QED) is 0.852. The van der Waals surface area contributed by atoms with Gasteiger partial charge in [-0.1, -0.05) is 6.07 Å². The van der Waals surface area contributed by atoms with Gasteiger partial charge in [0.25, 0.3) is 0 Å². The zero-order valence-electron chi connectivity index (χ0n) is 12.4. The van der Waals surface area contributed by atoms with E-state index >= 15 is 0 Å². The van der Waals surface area contributed by atoms with Crippen molar-refractivity contribution in [1.29, 1.82) is 0 Å². The lowest BCUT2D eigenvalue weighted by Crippen LogP contribution is -2.48. The number of carbonyl (C=O) groups excluding carboxylic acids is 1. The van der Waals surface area contributed by atoms with Gasteiger partial charge in [-0.25, -0.2) is 4.79 Å². The average molecular weight is 305 g/mol. The molecular weight excluding hydrogens is 286 g/mol. The van der Waals surface area contributed by atoms with Gasteiger partial charge in [-0.05, 0) is 17.7 Å². The summed E-state index contributed by atoms with van der Waals surface area (Å²) in [5.74, 6) is -0.407. The van der Waals surface area contributed by atoms with Crippen LogP contribution in [0.3, 0.4) is 0 Å². The Morgan fingerprint density at radius 3 is 2.77 bits per heavy atom. The van der Waals surface area contributed by atoms with Crippen molar-refractivity contribution < 1.29 is 14.3 Å². The van der Waals surface area contributed by atoms with Crippen molar-refractivity contribution in [2.75, 3.05) is 32.7 Å². The number of H-pyrrole nitrogens is 1. The first-order valence-corrected chi connectivity index (χ1v) is 7.31. The average Bonchev–Trinajstić information content (AvgIpc) is 2.86. The molecular formula is C15H19N3O4. The predicted molar refractivity (Wildman–Crippen MR) is 80.5 cm³/mol. The lowest BCUT2D eigenvalue weighted by atomic mass is 10.1. The summed E-state index contributed by atoms with van der Waals surface area (Å²) in [5.41, 5.74) is 1.78. The Kier molecular flexibility index (Phi) is 4.00. The van der Waals surface area contributed by atoms with Crippen molar-refractivity contribution in [2.45, 2.75) is 13.0 Å². The minimum Gasteiger partial charge on any atom is -0.408 e. The van der Waals surface area contributed by atoms with Crippen molar-refractivity contribution in [1.82, 2.24) is 14.8 Å². The van der Waals surface area contributed by atoms with E-state index in [1.807, 2.05) is 4.90 Å².